The second kappa shape index (κ2) is 2.85. The van der Waals surface area contributed by atoms with Gasteiger partial charge in [-0.2, -0.15) is 0 Å². The van der Waals surface area contributed by atoms with E-state index in [1.807, 2.05) is 13.8 Å². The van der Waals surface area contributed by atoms with Crippen LogP contribution in [0, 0.1) is 5.41 Å². The normalized spacial score (nSPS) is 21.9. The van der Waals surface area contributed by atoms with Crippen LogP contribution < -0.4 is 0 Å². The molecule has 12 heavy (non-hydrogen) atoms. The van der Waals surface area contributed by atoms with Crippen LogP contribution in [-0.4, -0.2) is 11.6 Å². The zero-order valence-electron chi connectivity index (χ0n) is 7.81. The highest BCUT2D eigenvalue weighted by atomic mass is 16.1. The Balaban J connectivity index is 2.89. The average Bonchev–Trinajstić information content (AvgIpc) is 1.83. The molecule has 0 amide bonds. The molecule has 2 heteroatoms. The number of carbonyl (C=O) groups excluding carboxylic acids is 2. The minimum atomic E-state index is -0.101. The first-order chi connectivity index (χ1) is 5.42. The number of hydrogen-bond acceptors (Lipinski definition) is 2. The highest BCUT2D eigenvalue weighted by Crippen LogP contribution is 2.32. The summed E-state index contributed by atoms with van der Waals surface area (Å²) in [6.07, 6.45) is 3.10. The molecule has 66 valence electrons. The molecule has 0 aromatic heterocycles. The van der Waals surface area contributed by atoms with E-state index in [1.54, 1.807) is 6.08 Å². The van der Waals surface area contributed by atoms with Crippen LogP contribution in [0.15, 0.2) is 11.6 Å². The summed E-state index contributed by atoms with van der Waals surface area (Å²) in [5.41, 5.74) is 0.435. The van der Waals surface area contributed by atoms with Crippen molar-refractivity contribution in [2.45, 2.75) is 33.6 Å². The molecule has 0 atom stereocenters. The Kier molecular flexibility index (Phi) is 2.18. The third kappa shape index (κ3) is 1.81. The van der Waals surface area contributed by atoms with E-state index in [9.17, 15) is 9.59 Å². The lowest BCUT2D eigenvalue weighted by Crippen LogP contribution is -2.24. The molecule has 0 fully saturated rings. The number of hydrogen-bond donors (Lipinski definition) is 0. The Morgan fingerprint density at radius 3 is 2.50 bits per heavy atom. The minimum absolute atomic E-state index is 0.00116. The van der Waals surface area contributed by atoms with Crippen LogP contribution in [0.1, 0.15) is 33.6 Å². The van der Waals surface area contributed by atoms with Crippen molar-refractivity contribution in [3.8, 4) is 0 Å². The largest absolute Gasteiger partial charge is 0.294 e. The summed E-state index contributed by atoms with van der Waals surface area (Å²) >= 11 is 0. The molecule has 0 saturated heterocycles. The number of rotatable bonds is 1. The van der Waals surface area contributed by atoms with E-state index >= 15 is 0 Å². The molecule has 0 N–H and O–H groups in total. The number of carbonyl (C=O) groups is 2. The lowest BCUT2D eigenvalue weighted by Gasteiger charge is -2.26. The maximum atomic E-state index is 11.4. The van der Waals surface area contributed by atoms with Crippen LogP contribution in [0.3, 0.4) is 0 Å². The lowest BCUT2D eigenvalue weighted by molar-refractivity contribution is -0.122. The molecular weight excluding hydrogens is 152 g/mol. The Morgan fingerprint density at radius 1 is 1.50 bits per heavy atom. The first kappa shape index (κ1) is 9.17. The molecule has 0 aromatic carbocycles. The molecule has 0 aromatic rings. The number of allylic oxidation sites excluding steroid dienone is 2. The van der Waals surface area contributed by atoms with Gasteiger partial charge in [-0.1, -0.05) is 19.9 Å². The van der Waals surface area contributed by atoms with Crippen LogP contribution in [0.2, 0.25) is 0 Å². The molecule has 0 aliphatic heterocycles. The molecule has 1 rings (SSSR count). The standard InChI is InChI=1S/C10H14O2/c1-7(11)8-4-5-10(2,3)6-9(8)12/h4H,5-6H2,1-3H3. The van der Waals surface area contributed by atoms with Gasteiger partial charge in [-0.25, -0.2) is 0 Å². The van der Waals surface area contributed by atoms with Gasteiger partial charge < -0.3 is 0 Å². The molecule has 1 aliphatic rings. The van der Waals surface area contributed by atoms with E-state index < -0.39 is 0 Å². The summed E-state index contributed by atoms with van der Waals surface area (Å²) in [5, 5.41) is 0. The SMILES string of the molecule is CC(=O)C1=CCC(C)(C)CC1=O. The monoisotopic (exact) mass is 166 g/mol. The average molecular weight is 166 g/mol. The molecule has 0 radical (unpaired) electrons. The van der Waals surface area contributed by atoms with E-state index in [1.165, 1.54) is 6.92 Å². The van der Waals surface area contributed by atoms with E-state index in [4.69, 9.17) is 0 Å². The van der Waals surface area contributed by atoms with Crippen molar-refractivity contribution in [3.63, 3.8) is 0 Å². The van der Waals surface area contributed by atoms with Crippen molar-refractivity contribution >= 4 is 11.6 Å². The van der Waals surface area contributed by atoms with Crippen molar-refractivity contribution in [2.75, 3.05) is 0 Å². The summed E-state index contributed by atoms with van der Waals surface area (Å²) in [5.74, 6) is -0.103. The molecule has 1 aliphatic carbocycles. The maximum Gasteiger partial charge on any atom is 0.166 e. The fourth-order valence-electron chi connectivity index (χ4n) is 1.43. The van der Waals surface area contributed by atoms with Crippen molar-refractivity contribution in [3.05, 3.63) is 11.6 Å². The lowest BCUT2D eigenvalue weighted by atomic mass is 9.77. The predicted octanol–water partition coefficient (Wildman–Crippen LogP) is 1.89. The Labute approximate surface area is 72.7 Å². The van der Waals surface area contributed by atoms with Gasteiger partial charge in [0.1, 0.15) is 0 Å². The highest BCUT2D eigenvalue weighted by molar-refractivity contribution is 6.19. The summed E-state index contributed by atoms with van der Waals surface area (Å²) < 4.78 is 0. The number of Topliss-reactive ketones (excluding diaryl/α,β-unsaturated/α-hetero) is 2. The fraction of sp³-hybridized carbons (Fsp3) is 0.600. The summed E-state index contributed by atoms with van der Waals surface area (Å²) in [4.78, 5) is 22.3. The minimum Gasteiger partial charge on any atom is -0.294 e. The van der Waals surface area contributed by atoms with Crippen molar-refractivity contribution < 1.29 is 9.59 Å². The summed E-state index contributed by atoms with van der Waals surface area (Å²) in [6, 6.07) is 0. The summed E-state index contributed by atoms with van der Waals surface area (Å²) in [7, 11) is 0. The third-order valence-electron chi connectivity index (χ3n) is 2.18. The van der Waals surface area contributed by atoms with Gasteiger partial charge >= 0.3 is 0 Å². The van der Waals surface area contributed by atoms with E-state index in [0.29, 0.717) is 12.0 Å². The van der Waals surface area contributed by atoms with Crippen LogP contribution >= 0.6 is 0 Å². The van der Waals surface area contributed by atoms with Gasteiger partial charge in [0.2, 0.25) is 0 Å². The van der Waals surface area contributed by atoms with E-state index in [0.717, 1.165) is 6.42 Å². The first-order valence-corrected chi connectivity index (χ1v) is 4.17. The Bertz CT molecular complexity index is 259. The van der Waals surface area contributed by atoms with Crippen molar-refractivity contribution in [2.24, 2.45) is 5.41 Å². The molecule has 0 saturated carbocycles. The van der Waals surface area contributed by atoms with Gasteiger partial charge in [-0.3, -0.25) is 9.59 Å². The maximum absolute atomic E-state index is 11.4. The molecule has 2 nitrogen and oxygen atoms in total. The smallest absolute Gasteiger partial charge is 0.166 e. The van der Waals surface area contributed by atoms with Crippen molar-refractivity contribution in [1.82, 2.24) is 0 Å². The number of ketones is 2. The van der Waals surface area contributed by atoms with Gasteiger partial charge in [0.15, 0.2) is 11.6 Å². The Morgan fingerprint density at radius 2 is 2.08 bits per heavy atom. The van der Waals surface area contributed by atoms with Gasteiger partial charge in [0.05, 0.1) is 5.57 Å². The summed E-state index contributed by atoms with van der Waals surface area (Å²) in [6.45, 7) is 5.53. The van der Waals surface area contributed by atoms with Crippen LogP contribution in [0.4, 0.5) is 0 Å². The zero-order valence-corrected chi connectivity index (χ0v) is 7.81. The second-order valence-corrected chi connectivity index (χ2v) is 4.14. The molecule has 0 spiro atoms. The van der Waals surface area contributed by atoms with E-state index in [-0.39, 0.29) is 17.0 Å². The highest BCUT2D eigenvalue weighted by Gasteiger charge is 2.29. The van der Waals surface area contributed by atoms with Crippen LogP contribution in [0.5, 0.6) is 0 Å². The molecule has 0 unspecified atom stereocenters. The Hall–Kier alpha value is -0.920. The quantitative estimate of drug-likeness (QED) is 0.557. The van der Waals surface area contributed by atoms with Gasteiger partial charge in [-0.05, 0) is 18.8 Å². The zero-order chi connectivity index (χ0) is 9.35. The molecule has 0 heterocycles. The topological polar surface area (TPSA) is 34.1 Å². The van der Waals surface area contributed by atoms with Crippen molar-refractivity contribution in [1.29, 1.82) is 0 Å². The predicted molar refractivity (Wildman–Crippen MR) is 46.8 cm³/mol. The van der Waals surface area contributed by atoms with Gasteiger partial charge in [-0.15, -0.1) is 0 Å². The van der Waals surface area contributed by atoms with Gasteiger partial charge in [0, 0.05) is 6.42 Å². The van der Waals surface area contributed by atoms with Crippen LogP contribution in [0.25, 0.3) is 0 Å². The fourth-order valence-corrected chi connectivity index (χ4v) is 1.43. The van der Waals surface area contributed by atoms with E-state index in [2.05, 4.69) is 0 Å². The third-order valence-corrected chi connectivity index (χ3v) is 2.18. The van der Waals surface area contributed by atoms with Gasteiger partial charge in [0.25, 0.3) is 0 Å². The first-order valence-electron chi connectivity index (χ1n) is 4.17. The second-order valence-electron chi connectivity index (χ2n) is 4.14. The van der Waals surface area contributed by atoms with Crippen LogP contribution in [-0.2, 0) is 9.59 Å². The molecule has 0 bridgehead atoms. The molecular formula is C10H14O2.